The molecule has 0 amide bonds. The van der Waals surface area contributed by atoms with E-state index in [1.165, 1.54) is 32.9 Å². The van der Waals surface area contributed by atoms with E-state index in [4.69, 9.17) is 9.31 Å². The van der Waals surface area contributed by atoms with Crippen molar-refractivity contribution in [2.24, 2.45) is 0 Å². The molecular weight excluding hydrogens is 297 g/mol. The Morgan fingerprint density at radius 2 is 1.71 bits per heavy atom. The van der Waals surface area contributed by atoms with E-state index in [1.807, 2.05) is 0 Å². The first kappa shape index (κ1) is 14.5. The maximum Gasteiger partial charge on any atom is 0.494 e. The van der Waals surface area contributed by atoms with Crippen molar-refractivity contribution in [2.45, 2.75) is 18.6 Å². The number of allylic oxidation sites excluding steroid dienone is 3. The Labute approximate surface area is 142 Å². The highest BCUT2D eigenvalue weighted by Gasteiger charge is 2.48. The third kappa shape index (κ3) is 2.04. The summed E-state index contributed by atoms with van der Waals surface area (Å²) in [7, 11) is 3.95. The van der Waals surface area contributed by atoms with Crippen molar-refractivity contribution in [1.82, 2.24) is 4.90 Å². The van der Waals surface area contributed by atoms with Crippen LogP contribution in [0.5, 0.6) is 0 Å². The van der Waals surface area contributed by atoms with Crippen molar-refractivity contribution in [2.75, 3.05) is 20.6 Å². The molecule has 0 N–H and O–H groups in total. The highest BCUT2D eigenvalue weighted by atomic mass is 16.7. The smallest absolute Gasteiger partial charge is 0.397 e. The summed E-state index contributed by atoms with van der Waals surface area (Å²) in [6.07, 6.45) is 5.41. The van der Waals surface area contributed by atoms with Crippen LogP contribution in [-0.4, -0.2) is 32.7 Å². The molecule has 1 fully saturated rings. The van der Waals surface area contributed by atoms with Crippen LogP contribution in [0.4, 0.5) is 0 Å². The molecule has 0 bridgehead atoms. The summed E-state index contributed by atoms with van der Waals surface area (Å²) < 4.78 is 12.8. The van der Waals surface area contributed by atoms with Crippen LogP contribution in [0.25, 0.3) is 10.8 Å². The third-order valence-electron chi connectivity index (χ3n) is 5.23. The van der Waals surface area contributed by atoms with Crippen LogP contribution < -0.4 is 0 Å². The standard InChI is InChI=1S/C20H20BNO2/c1-22(2)12-14-8-5-11-17(14)21-23-19-15-9-3-6-13-7-4-10-16(18(13)15)20(19)24-21/h3-7,9-11,19-20H,8,12H2,1-2H3/t19-,20+. The number of benzene rings is 2. The van der Waals surface area contributed by atoms with Gasteiger partial charge in [-0.3, -0.25) is 0 Å². The minimum atomic E-state index is -0.252. The average molecular weight is 317 g/mol. The summed E-state index contributed by atoms with van der Waals surface area (Å²) in [5.41, 5.74) is 5.15. The van der Waals surface area contributed by atoms with Crippen LogP contribution >= 0.6 is 0 Å². The van der Waals surface area contributed by atoms with Gasteiger partial charge in [0.25, 0.3) is 0 Å². The zero-order valence-electron chi connectivity index (χ0n) is 14.0. The molecule has 24 heavy (non-hydrogen) atoms. The topological polar surface area (TPSA) is 21.7 Å². The Kier molecular flexibility index (Phi) is 3.20. The van der Waals surface area contributed by atoms with Gasteiger partial charge < -0.3 is 14.2 Å². The minimum absolute atomic E-state index is 0.0122. The fourth-order valence-corrected chi connectivity index (χ4v) is 4.28. The van der Waals surface area contributed by atoms with E-state index < -0.39 is 0 Å². The van der Waals surface area contributed by atoms with Crippen LogP contribution in [0.2, 0.25) is 0 Å². The van der Waals surface area contributed by atoms with Gasteiger partial charge in [0.2, 0.25) is 0 Å². The summed E-state index contributed by atoms with van der Waals surface area (Å²) in [5.74, 6) is 0. The van der Waals surface area contributed by atoms with E-state index in [0.29, 0.717) is 0 Å². The number of likely N-dealkylation sites (N-methyl/N-ethyl adjacent to an activating group) is 1. The number of rotatable bonds is 3. The molecule has 2 aromatic rings. The second-order valence-corrected chi connectivity index (χ2v) is 7.14. The second kappa shape index (κ2) is 5.31. The van der Waals surface area contributed by atoms with Crippen LogP contribution in [0.15, 0.2) is 59.6 Å². The van der Waals surface area contributed by atoms with Gasteiger partial charge in [0.1, 0.15) is 0 Å². The highest BCUT2D eigenvalue weighted by Crippen LogP contribution is 2.52. The molecule has 0 radical (unpaired) electrons. The van der Waals surface area contributed by atoms with Gasteiger partial charge in [-0.15, -0.1) is 0 Å². The first-order valence-corrected chi connectivity index (χ1v) is 8.58. The third-order valence-corrected chi connectivity index (χ3v) is 5.23. The van der Waals surface area contributed by atoms with E-state index in [9.17, 15) is 0 Å². The molecule has 2 atom stereocenters. The summed E-state index contributed by atoms with van der Waals surface area (Å²) in [6, 6.07) is 12.9. The lowest BCUT2D eigenvalue weighted by atomic mass is 9.76. The Morgan fingerprint density at radius 1 is 1.04 bits per heavy atom. The number of hydrogen-bond acceptors (Lipinski definition) is 3. The van der Waals surface area contributed by atoms with Crippen LogP contribution in [0.1, 0.15) is 29.8 Å². The zero-order chi connectivity index (χ0) is 16.3. The van der Waals surface area contributed by atoms with E-state index in [-0.39, 0.29) is 19.3 Å². The molecule has 3 aliphatic rings. The van der Waals surface area contributed by atoms with E-state index in [1.54, 1.807) is 0 Å². The molecule has 2 aromatic carbocycles. The fraction of sp³-hybridized carbons (Fsp3) is 0.300. The summed E-state index contributed by atoms with van der Waals surface area (Å²) >= 11 is 0. The quantitative estimate of drug-likeness (QED) is 0.803. The van der Waals surface area contributed by atoms with Crippen LogP contribution in [0.3, 0.4) is 0 Å². The fourth-order valence-electron chi connectivity index (χ4n) is 4.28. The first-order valence-electron chi connectivity index (χ1n) is 8.58. The van der Waals surface area contributed by atoms with Crippen molar-refractivity contribution >= 4 is 17.9 Å². The summed E-state index contributed by atoms with van der Waals surface area (Å²) in [6.45, 7) is 0.951. The van der Waals surface area contributed by atoms with Gasteiger partial charge in [-0.05, 0) is 47.9 Å². The molecule has 0 aromatic heterocycles. The van der Waals surface area contributed by atoms with Crippen molar-refractivity contribution in [3.05, 3.63) is 70.7 Å². The van der Waals surface area contributed by atoms with Gasteiger partial charge in [0, 0.05) is 6.54 Å². The predicted octanol–water partition coefficient (Wildman–Crippen LogP) is 3.83. The molecule has 1 aliphatic heterocycles. The van der Waals surface area contributed by atoms with Gasteiger partial charge in [0.05, 0.1) is 12.2 Å². The molecule has 0 unspecified atom stereocenters. The lowest BCUT2D eigenvalue weighted by Gasteiger charge is -2.15. The monoisotopic (exact) mass is 317 g/mol. The molecular formula is C20H20BNO2. The van der Waals surface area contributed by atoms with Gasteiger partial charge >= 0.3 is 7.12 Å². The molecule has 1 heterocycles. The molecule has 0 spiro atoms. The largest absolute Gasteiger partial charge is 0.494 e. The van der Waals surface area contributed by atoms with E-state index in [0.717, 1.165) is 13.0 Å². The Morgan fingerprint density at radius 3 is 2.33 bits per heavy atom. The molecule has 120 valence electrons. The van der Waals surface area contributed by atoms with Crippen molar-refractivity contribution in [3.8, 4) is 0 Å². The second-order valence-electron chi connectivity index (χ2n) is 7.14. The molecule has 5 rings (SSSR count). The lowest BCUT2D eigenvalue weighted by Crippen LogP contribution is -2.22. The van der Waals surface area contributed by atoms with Gasteiger partial charge in [-0.1, -0.05) is 54.1 Å². The molecule has 0 saturated carbocycles. The molecule has 3 nitrogen and oxygen atoms in total. The minimum Gasteiger partial charge on any atom is -0.397 e. The van der Waals surface area contributed by atoms with E-state index in [2.05, 4.69) is 67.5 Å². The Hall–Kier alpha value is -1.88. The summed E-state index contributed by atoms with van der Waals surface area (Å²) in [4.78, 5) is 2.20. The maximum absolute atomic E-state index is 6.40. The molecule has 4 heteroatoms. The Balaban J connectivity index is 1.52. The van der Waals surface area contributed by atoms with Gasteiger partial charge in [-0.25, -0.2) is 0 Å². The number of hydrogen-bond donors (Lipinski definition) is 0. The normalized spacial score (nSPS) is 24.7. The van der Waals surface area contributed by atoms with Gasteiger partial charge in [-0.2, -0.15) is 0 Å². The van der Waals surface area contributed by atoms with Gasteiger partial charge in [0.15, 0.2) is 0 Å². The first-order chi connectivity index (χ1) is 11.7. The lowest BCUT2D eigenvalue weighted by molar-refractivity contribution is 0.170. The molecule has 2 aliphatic carbocycles. The number of nitrogens with zero attached hydrogens (tertiary/aromatic N) is 1. The van der Waals surface area contributed by atoms with Crippen molar-refractivity contribution in [3.63, 3.8) is 0 Å². The predicted molar refractivity (Wildman–Crippen MR) is 96.7 cm³/mol. The zero-order valence-corrected chi connectivity index (χ0v) is 14.0. The van der Waals surface area contributed by atoms with Crippen LogP contribution in [-0.2, 0) is 9.31 Å². The molecule has 1 saturated heterocycles. The average Bonchev–Trinajstić information content (AvgIpc) is 3.24. The number of fused-ring (bicyclic) bond motifs is 3. The SMILES string of the molecule is CN(C)CC1=C(B2O[C@@H]3c4cccc5cccc(c45)[C@@H]3O2)C=CC1. The Bertz CT molecular complexity index is 840. The van der Waals surface area contributed by atoms with Crippen molar-refractivity contribution < 1.29 is 9.31 Å². The highest BCUT2D eigenvalue weighted by molar-refractivity contribution is 6.56. The summed E-state index contributed by atoms with van der Waals surface area (Å²) in [5, 5.41) is 2.59. The van der Waals surface area contributed by atoms with E-state index >= 15 is 0 Å². The maximum atomic E-state index is 6.40. The van der Waals surface area contributed by atoms with Crippen molar-refractivity contribution in [1.29, 1.82) is 0 Å². The van der Waals surface area contributed by atoms with Crippen LogP contribution in [0, 0.1) is 0 Å².